The zero-order chi connectivity index (χ0) is 23.3. The van der Waals surface area contributed by atoms with Gasteiger partial charge in [-0.2, -0.15) is 13.2 Å². The molecule has 0 aliphatic carbocycles. The van der Waals surface area contributed by atoms with Gasteiger partial charge in [0.1, 0.15) is 0 Å². The Morgan fingerprint density at radius 1 is 1.00 bits per heavy atom. The van der Waals surface area contributed by atoms with Gasteiger partial charge in [-0.3, -0.25) is 14.5 Å². The summed E-state index contributed by atoms with van der Waals surface area (Å²) in [6.07, 6.45) is -3.75. The van der Waals surface area contributed by atoms with Crippen LogP contribution in [-0.4, -0.2) is 54.3 Å². The standard InChI is InChI=1S/C22H22Cl2F3N3O2/c23-16-7-5-15(18(24)13-16)6-8-21(32)30-11-9-29(10-12-30)14-20(31)28-19-4-2-1-3-17(19)22(25,26)27/h1-5,7,13H,6,8-12,14H2,(H,28,31). The molecule has 1 fully saturated rings. The molecule has 172 valence electrons. The Labute approximate surface area is 194 Å². The van der Waals surface area contributed by atoms with Crippen molar-refractivity contribution in [2.75, 3.05) is 38.0 Å². The fourth-order valence-electron chi connectivity index (χ4n) is 3.51. The first-order valence-corrected chi connectivity index (χ1v) is 10.8. The first-order valence-electron chi connectivity index (χ1n) is 10.0. The van der Waals surface area contributed by atoms with Crippen molar-refractivity contribution in [3.05, 3.63) is 63.6 Å². The fraction of sp³-hybridized carbons (Fsp3) is 0.364. The van der Waals surface area contributed by atoms with Crippen molar-refractivity contribution in [1.29, 1.82) is 0 Å². The van der Waals surface area contributed by atoms with Gasteiger partial charge in [-0.25, -0.2) is 0 Å². The van der Waals surface area contributed by atoms with Crippen molar-refractivity contribution >= 4 is 40.7 Å². The van der Waals surface area contributed by atoms with Crippen LogP contribution in [0.5, 0.6) is 0 Å². The molecule has 0 bridgehead atoms. The normalized spacial score (nSPS) is 15.0. The van der Waals surface area contributed by atoms with Crippen LogP contribution in [0.25, 0.3) is 0 Å². The van der Waals surface area contributed by atoms with Crippen molar-refractivity contribution in [2.24, 2.45) is 0 Å². The number of aryl methyl sites for hydroxylation is 1. The summed E-state index contributed by atoms with van der Waals surface area (Å²) in [5, 5.41) is 3.40. The summed E-state index contributed by atoms with van der Waals surface area (Å²) >= 11 is 12.0. The summed E-state index contributed by atoms with van der Waals surface area (Å²) in [4.78, 5) is 28.3. The maximum absolute atomic E-state index is 13.1. The van der Waals surface area contributed by atoms with Gasteiger partial charge in [-0.1, -0.05) is 41.4 Å². The predicted molar refractivity (Wildman–Crippen MR) is 118 cm³/mol. The topological polar surface area (TPSA) is 52.7 Å². The van der Waals surface area contributed by atoms with E-state index in [1.807, 2.05) is 4.90 Å². The van der Waals surface area contributed by atoms with Crippen LogP contribution < -0.4 is 5.32 Å². The molecule has 2 aromatic carbocycles. The van der Waals surface area contributed by atoms with Gasteiger partial charge in [0.15, 0.2) is 0 Å². The number of rotatable bonds is 6. The molecule has 0 unspecified atom stereocenters. The third-order valence-corrected chi connectivity index (χ3v) is 5.81. The van der Waals surface area contributed by atoms with Crippen molar-refractivity contribution in [2.45, 2.75) is 19.0 Å². The predicted octanol–water partition coefficient (Wildman–Crippen LogP) is 4.73. The van der Waals surface area contributed by atoms with Crippen LogP contribution in [0, 0.1) is 0 Å². The highest BCUT2D eigenvalue weighted by Gasteiger charge is 2.33. The number of nitrogens with zero attached hydrogens (tertiary/aromatic N) is 2. The molecule has 1 aliphatic heterocycles. The fourth-order valence-corrected chi connectivity index (χ4v) is 4.01. The van der Waals surface area contributed by atoms with Gasteiger partial charge in [0.25, 0.3) is 0 Å². The van der Waals surface area contributed by atoms with Crippen LogP contribution in [-0.2, 0) is 22.2 Å². The summed E-state index contributed by atoms with van der Waals surface area (Å²) in [5.41, 5.74) is -0.303. The molecular formula is C22H22Cl2F3N3O2. The number of alkyl halides is 3. The maximum atomic E-state index is 13.1. The summed E-state index contributed by atoms with van der Waals surface area (Å²) in [5.74, 6) is -0.543. The molecule has 3 rings (SSSR count). The number of benzene rings is 2. The van der Waals surface area contributed by atoms with E-state index in [9.17, 15) is 22.8 Å². The van der Waals surface area contributed by atoms with Gasteiger partial charge < -0.3 is 10.2 Å². The molecule has 0 atom stereocenters. The van der Waals surface area contributed by atoms with E-state index in [1.165, 1.54) is 18.2 Å². The molecule has 0 saturated carbocycles. The molecule has 0 aromatic heterocycles. The van der Waals surface area contributed by atoms with Gasteiger partial charge >= 0.3 is 6.18 Å². The smallest absolute Gasteiger partial charge is 0.340 e. The van der Waals surface area contributed by atoms with E-state index in [-0.39, 0.29) is 18.1 Å². The average molecular weight is 488 g/mol. The van der Waals surface area contributed by atoms with Crippen LogP contribution in [0.4, 0.5) is 18.9 Å². The van der Waals surface area contributed by atoms with Gasteiger partial charge in [-0.05, 0) is 36.2 Å². The van der Waals surface area contributed by atoms with Gasteiger partial charge in [0.2, 0.25) is 11.8 Å². The monoisotopic (exact) mass is 487 g/mol. The lowest BCUT2D eigenvalue weighted by atomic mass is 10.1. The minimum Gasteiger partial charge on any atom is -0.340 e. The number of nitrogens with one attached hydrogen (secondary N) is 1. The molecular weight excluding hydrogens is 466 g/mol. The van der Waals surface area contributed by atoms with E-state index >= 15 is 0 Å². The van der Waals surface area contributed by atoms with E-state index in [4.69, 9.17) is 23.2 Å². The largest absolute Gasteiger partial charge is 0.418 e. The second-order valence-corrected chi connectivity index (χ2v) is 8.33. The van der Waals surface area contributed by atoms with Crippen LogP contribution >= 0.6 is 23.2 Å². The number of carbonyl (C=O) groups is 2. The van der Waals surface area contributed by atoms with Gasteiger partial charge in [-0.15, -0.1) is 0 Å². The summed E-state index contributed by atoms with van der Waals surface area (Å²) in [7, 11) is 0. The molecule has 2 amide bonds. The first kappa shape index (κ1) is 24.4. The summed E-state index contributed by atoms with van der Waals surface area (Å²) in [6, 6.07) is 10.0. The quantitative estimate of drug-likeness (QED) is 0.640. The molecule has 1 aliphatic rings. The van der Waals surface area contributed by atoms with E-state index < -0.39 is 17.6 Å². The molecule has 10 heteroatoms. The number of para-hydroxylation sites is 1. The Hall–Kier alpha value is -2.29. The lowest BCUT2D eigenvalue weighted by molar-refractivity contribution is -0.137. The molecule has 2 aromatic rings. The number of amides is 2. The summed E-state index contributed by atoms with van der Waals surface area (Å²) < 4.78 is 39.2. The Bertz CT molecular complexity index is 977. The van der Waals surface area contributed by atoms with E-state index in [0.717, 1.165) is 11.6 Å². The SMILES string of the molecule is O=C(CN1CCN(C(=O)CCc2ccc(Cl)cc2Cl)CC1)Nc1ccccc1C(F)(F)F. The number of anilines is 1. The Kier molecular flexibility index (Phi) is 8.03. The van der Waals surface area contributed by atoms with Crippen molar-refractivity contribution in [3.8, 4) is 0 Å². The minimum absolute atomic E-state index is 0.0146. The van der Waals surface area contributed by atoms with Gasteiger partial charge in [0, 0.05) is 42.6 Å². The molecule has 32 heavy (non-hydrogen) atoms. The van der Waals surface area contributed by atoms with E-state index in [1.54, 1.807) is 23.1 Å². The number of halogens is 5. The molecule has 1 N–H and O–H groups in total. The number of piperazine rings is 1. The van der Waals surface area contributed by atoms with Crippen LogP contribution in [0.1, 0.15) is 17.5 Å². The Morgan fingerprint density at radius 2 is 1.69 bits per heavy atom. The first-order chi connectivity index (χ1) is 15.1. The summed E-state index contributed by atoms with van der Waals surface area (Å²) in [6.45, 7) is 1.76. The zero-order valence-electron chi connectivity index (χ0n) is 17.1. The van der Waals surface area contributed by atoms with Crippen molar-refractivity contribution < 1.29 is 22.8 Å². The van der Waals surface area contributed by atoms with Crippen LogP contribution in [0.3, 0.4) is 0 Å². The van der Waals surface area contributed by atoms with Crippen molar-refractivity contribution in [3.63, 3.8) is 0 Å². The lowest BCUT2D eigenvalue weighted by Crippen LogP contribution is -2.50. The lowest BCUT2D eigenvalue weighted by Gasteiger charge is -2.34. The highest BCUT2D eigenvalue weighted by atomic mass is 35.5. The Balaban J connectivity index is 1.45. The molecule has 1 heterocycles. The third kappa shape index (κ3) is 6.60. The Morgan fingerprint density at radius 3 is 2.34 bits per heavy atom. The van der Waals surface area contributed by atoms with E-state index in [0.29, 0.717) is 49.1 Å². The second kappa shape index (κ2) is 10.6. The van der Waals surface area contributed by atoms with Crippen LogP contribution in [0.2, 0.25) is 10.0 Å². The average Bonchev–Trinajstić information content (AvgIpc) is 2.73. The van der Waals surface area contributed by atoms with E-state index in [2.05, 4.69) is 5.32 Å². The minimum atomic E-state index is -4.55. The second-order valence-electron chi connectivity index (χ2n) is 7.48. The molecule has 5 nitrogen and oxygen atoms in total. The highest BCUT2D eigenvalue weighted by molar-refractivity contribution is 6.35. The molecule has 0 radical (unpaired) electrons. The molecule has 1 saturated heterocycles. The zero-order valence-corrected chi connectivity index (χ0v) is 18.6. The van der Waals surface area contributed by atoms with Crippen LogP contribution in [0.15, 0.2) is 42.5 Å². The maximum Gasteiger partial charge on any atom is 0.418 e. The highest BCUT2D eigenvalue weighted by Crippen LogP contribution is 2.34. The molecule has 0 spiro atoms. The van der Waals surface area contributed by atoms with Gasteiger partial charge in [0.05, 0.1) is 17.8 Å². The third-order valence-electron chi connectivity index (χ3n) is 5.22. The van der Waals surface area contributed by atoms with Crippen molar-refractivity contribution in [1.82, 2.24) is 9.80 Å². The number of carbonyl (C=O) groups excluding carboxylic acids is 2. The number of hydrogen-bond donors (Lipinski definition) is 1. The number of hydrogen-bond acceptors (Lipinski definition) is 3.